The van der Waals surface area contributed by atoms with Gasteiger partial charge in [-0.05, 0) is 19.3 Å². The van der Waals surface area contributed by atoms with Crippen LogP contribution in [0.3, 0.4) is 0 Å². The highest BCUT2D eigenvalue weighted by Crippen LogP contribution is 2.37. The molecule has 2 aromatic heterocycles. The van der Waals surface area contributed by atoms with Crippen molar-refractivity contribution in [2.75, 3.05) is 11.4 Å². The van der Waals surface area contributed by atoms with Gasteiger partial charge in [-0.1, -0.05) is 24.4 Å². The summed E-state index contributed by atoms with van der Waals surface area (Å²) in [5.41, 5.74) is 2.02. The van der Waals surface area contributed by atoms with Gasteiger partial charge in [-0.25, -0.2) is 4.98 Å². The second kappa shape index (κ2) is 3.85. The van der Waals surface area contributed by atoms with Gasteiger partial charge in [0.15, 0.2) is 5.65 Å². The van der Waals surface area contributed by atoms with Gasteiger partial charge in [0, 0.05) is 24.2 Å². The number of rotatable bonds is 1. The zero-order valence-electron chi connectivity index (χ0n) is 10.1. The van der Waals surface area contributed by atoms with Gasteiger partial charge < -0.3 is 4.90 Å². The van der Waals surface area contributed by atoms with Gasteiger partial charge in [0.25, 0.3) is 0 Å². The smallest absolute Gasteiger partial charge is 0.159 e. The zero-order chi connectivity index (χ0) is 12.1. The first-order valence-corrected chi connectivity index (χ1v) is 7.01. The van der Waals surface area contributed by atoms with Crippen molar-refractivity contribution in [1.29, 1.82) is 0 Å². The van der Waals surface area contributed by atoms with Crippen LogP contribution in [-0.4, -0.2) is 27.2 Å². The first-order chi connectivity index (χ1) is 8.84. The molecule has 2 aliphatic rings. The number of aromatic nitrogens is 3. The fourth-order valence-electron chi connectivity index (χ4n) is 3.35. The molecule has 1 aliphatic carbocycles. The third kappa shape index (κ3) is 1.38. The number of nitrogens with zero attached hydrogens (tertiary/aromatic N) is 4. The van der Waals surface area contributed by atoms with Crippen molar-refractivity contribution in [2.24, 2.45) is 0 Å². The predicted molar refractivity (Wildman–Crippen MR) is 71.3 cm³/mol. The van der Waals surface area contributed by atoms with Gasteiger partial charge in [0.1, 0.15) is 11.0 Å². The fourth-order valence-corrected chi connectivity index (χ4v) is 3.62. The Kier molecular flexibility index (Phi) is 2.27. The van der Waals surface area contributed by atoms with Crippen LogP contribution in [0.2, 0.25) is 5.15 Å². The van der Waals surface area contributed by atoms with Crippen LogP contribution in [-0.2, 0) is 6.42 Å². The fraction of sp³-hybridized carbons (Fsp3) is 0.538. The van der Waals surface area contributed by atoms with Crippen LogP contribution >= 0.6 is 11.6 Å². The molecule has 0 spiro atoms. The van der Waals surface area contributed by atoms with Gasteiger partial charge in [-0.15, -0.1) is 0 Å². The molecular formula is C13H15ClN4. The molecule has 0 amide bonds. The normalized spacial score (nSPS) is 19.9. The summed E-state index contributed by atoms with van der Waals surface area (Å²) in [5.74, 6) is 1.18. The SMILES string of the molecule is Clc1nc2ccnn2c2c1CCN2C1CCCC1. The van der Waals surface area contributed by atoms with Crippen molar-refractivity contribution in [3.8, 4) is 0 Å². The Hall–Kier alpha value is -1.29. The number of anilines is 1. The number of halogens is 1. The first kappa shape index (κ1) is 10.6. The molecule has 3 heterocycles. The first-order valence-electron chi connectivity index (χ1n) is 6.63. The maximum Gasteiger partial charge on any atom is 0.159 e. The molecule has 0 N–H and O–H groups in total. The Morgan fingerprint density at radius 1 is 1.28 bits per heavy atom. The summed E-state index contributed by atoms with van der Waals surface area (Å²) in [6.07, 6.45) is 8.07. The van der Waals surface area contributed by atoms with E-state index in [1.54, 1.807) is 6.20 Å². The average Bonchev–Trinajstić information content (AvgIpc) is 3.08. The topological polar surface area (TPSA) is 33.4 Å². The van der Waals surface area contributed by atoms with Crippen molar-refractivity contribution in [3.05, 3.63) is 23.0 Å². The molecule has 0 unspecified atom stereocenters. The van der Waals surface area contributed by atoms with E-state index in [2.05, 4.69) is 15.0 Å². The van der Waals surface area contributed by atoms with Crippen molar-refractivity contribution in [3.63, 3.8) is 0 Å². The third-order valence-electron chi connectivity index (χ3n) is 4.20. The molecule has 1 saturated carbocycles. The quantitative estimate of drug-likeness (QED) is 0.741. The van der Waals surface area contributed by atoms with E-state index in [1.807, 2.05) is 10.6 Å². The van der Waals surface area contributed by atoms with Crippen LogP contribution < -0.4 is 4.90 Å². The van der Waals surface area contributed by atoms with E-state index in [-0.39, 0.29) is 0 Å². The lowest BCUT2D eigenvalue weighted by Crippen LogP contribution is -2.32. The number of fused-ring (bicyclic) bond motifs is 3. The Labute approximate surface area is 111 Å². The minimum atomic E-state index is 0.651. The summed E-state index contributed by atoms with van der Waals surface area (Å²) < 4.78 is 1.95. The predicted octanol–water partition coefficient (Wildman–Crippen LogP) is 2.69. The van der Waals surface area contributed by atoms with E-state index in [1.165, 1.54) is 37.1 Å². The van der Waals surface area contributed by atoms with E-state index in [0.29, 0.717) is 11.2 Å². The van der Waals surface area contributed by atoms with Crippen molar-refractivity contribution in [1.82, 2.24) is 14.6 Å². The van der Waals surface area contributed by atoms with E-state index in [9.17, 15) is 0 Å². The maximum absolute atomic E-state index is 6.30. The summed E-state index contributed by atoms with van der Waals surface area (Å²) in [5, 5.41) is 5.06. The van der Waals surface area contributed by atoms with Crippen LogP contribution in [0.4, 0.5) is 5.82 Å². The Bertz CT molecular complexity index is 600. The second-order valence-electron chi connectivity index (χ2n) is 5.19. The summed E-state index contributed by atoms with van der Waals surface area (Å²) in [4.78, 5) is 6.90. The highest BCUT2D eigenvalue weighted by atomic mass is 35.5. The molecule has 94 valence electrons. The monoisotopic (exact) mass is 262 g/mol. The average molecular weight is 263 g/mol. The van der Waals surface area contributed by atoms with Crippen molar-refractivity contribution < 1.29 is 0 Å². The van der Waals surface area contributed by atoms with E-state index in [4.69, 9.17) is 11.6 Å². The molecule has 1 aliphatic heterocycles. The molecule has 4 rings (SSSR count). The van der Waals surface area contributed by atoms with Crippen molar-refractivity contribution in [2.45, 2.75) is 38.1 Å². The van der Waals surface area contributed by atoms with Crippen LogP contribution in [0.5, 0.6) is 0 Å². The lowest BCUT2D eigenvalue weighted by atomic mass is 10.2. The van der Waals surface area contributed by atoms with E-state index < -0.39 is 0 Å². The molecule has 18 heavy (non-hydrogen) atoms. The largest absolute Gasteiger partial charge is 0.353 e. The molecule has 0 atom stereocenters. The standard InChI is InChI=1S/C13H15ClN4/c14-12-10-6-8-17(9-3-1-2-4-9)13(10)18-11(16-12)5-7-15-18/h5,7,9H,1-4,6,8H2. The van der Waals surface area contributed by atoms with Crippen LogP contribution in [0.1, 0.15) is 31.2 Å². The van der Waals surface area contributed by atoms with Gasteiger partial charge in [-0.3, -0.25) is 0 Å². The lowest BCUT2D eigenvalue weighted by molar-refractivity contribution is 0.614. The molecule has 0 bridgehead atoms. The Morgan fingerprint density at radius 3 is 2.94 bits per heavy atom. The molecule has 2 aromatic rings. The number of hydrogen-bond donors (Lipinski definition) is 0. The van der Waals surface area contributed by atoms with E-state index >= 15 is 0 Å². The van der Waals surface area contributed by atoms with Crippen molar-refractivity contribution >= 4 is 23.1 Å². The lowest BCUT2D eigenvalue weighted by Gasteiger charge is -2.26. The van der Waals surface area contributed by atoms with Gasteiger partial charge >= 0.3 is 0 Å². The van der Waals surface area contributed by atoms with Gasteiger partial charge in [-0.2, -0.15) is 9.61 Å². The molecule has 1 fully saturated rings. The Balaban J connectivity index is 1.90. The second-order valence-corrected chi connectivity index (χ2v) is 5.55. The highest BCUT2D eigenvalue weighted by Gasteiger charge is 2.32. The third-order valence-corrected chi connectivity index (χ3v) is 4.51. The van der Waals surface area contributed by atoms with Gasteiger partial charge in [0.05, 0.1) is 6.20 Å². The summed E-state index contributed by atoms with van der Waals surface area (Å²) in [7, 11) is 0. The molecule has 4 nitrogen and oxygen atoms in total. The summed E-state index contributed by atoms with van der Waals surface area (Å²) in [6.45, 7) is 1.06. The molecule has 0 aromatic carbocycles. The molecular weight excluding hydrogens is 248 g/mol. The summed E-state index contributed by atoms with van der Waals surface area (Å²) in [6, 6.07) is 2.58. The number of hydrogen-bond acceptors (Lipinski definition) is 3. The van der Waals surface area contributed by atoms with Crippen LogP contribution in [0, 0.1) is 0 Å². The van der Waals surface area contributed by atoms with Crippen LogP contribution in [0.15, 0.2) is 12.3 Å². The molecule has 0 saturated heterocycles. The molecule has 5 heteroatoms. The summed E-state index contributed by atoms with van der Waals surface area (Å²) >= 11 is 6.30. The highest BCUT2D eigenvalue weighted by molar-refractivity contribution is 6.30. The minimum absolute atomic E-state index is 0.651. The van der Waals surface area contributed by atoms with E-state index in [0.717, 1.165) is 18.6 Å². The minimum Gasteiger partial charge on any atom is -0.353 e. The van der Waals surface area contributed by atoms with Gasteiger partial charge in [0.2, 0.25) is 0 Å². The maximum atomic E-state index is 6.30. The molecule has 0 radical (unpaired) electrons. The zero-order valence-corrected chi connectivity index (χ0v) is 10.9. The van der Waals surface area contributed by atoms with Crippen LogP contribution in [0.25, 0.3) is 5.65 Å². The Morgan fingerprint density at radius 2 is 2.11 bits per heavy atom.